The van der Waals surface area contributed by atoms with Gasteiger partial charge in [-0.2, -0.15) is 0 Å². The summed E-state index contributed by atoms with van der Waals surface area (Å²) in [5.74, 6) is 0.795. The van der Waals surface area contributed by atoms with Gasteiger partial charge in [-0.25, -0.2) is 0 Å². The lowest BCUT2D eigenvalue weighted by atomic mass is 9.78. The summed E-state index contributed by atoms with van der Waals surface area (Å²) in [6, 6.07) is 6.51. The standard InChI is InChI=1S/C14H18O/c1-10-5-3-6-12-7-4-8-13(14(10)12)9-11(2)15/h3,5-6,13H,4,7-9H2,1-2H3. The van der Waals surface area contributed by atoms with Crippen molar-refractivity contribution < 1.29 is 4.79 Å². The number of aryl methyl sites for hydroxylation is 2. The van der Waals surface area contributed by atoms with Gasteiger partial charge in [0, 0.05) is 6.42 Å². The van der Waals surface area contributed by atoms with Gasteiger partial charge in [0.25, 0.3) is 0 Å². The normalized spacial score (nSPS) is 19.7. The quantitative estimate of drug-likeness (QED) is 0.718. The summed E-state index contributed by atoms with van der Waals surface area (Å²) in [5.41, 5.74) is 4.28. The van der Waals surface area contributed by atoms with Gasteiger partial charge < -0.3 is 4.79 Å². The molecule has 1 aliphatic carbocycles. The molecule has 0 radical (unpaired) electrons. The van der Waals surface area contributed by atoms with E-state index < -0.39 is 0 Å². The first-order chi connectivity index (χ1) is 7.18. The molecule has 1 aromatic rings. The number of hydrogen-bond donors (Lipinski definition) is 0. The maximum atomic E-state index is 11.2. The SMILES string of the molecule is CC(=O)CC1CCCc2cccc(C)c21. The summed E-state index contributed by atoms with van der Waals surface area (Å²) >= 11 is 0. The summed E-state index contributed by atoms with van der Waals surface area (Å²) in [6.45, 7) is 3.86. The lowest BCUT2D eigenvalue weighted by Gasteiger charge is -2.26. The third-order valence-electron chi connectivity index (χ3n) is 3.36. The zero-order chi connectivity index (χ0) is 10.8. The van der Waals surface area contributed by atoms with Crippen LogP contribution in [-0.4, -0.2) is 5.78 Å². The van der Waals surface area contributed by atoms with Crippen LogP contribution in [0.4, 0.5) is 0 Å². The lowest BCUT2D eigenvalue weighted by molar-refractivity contribution is -0.117. The van der Waals surface area contributed by atoms with Crippen molar-refractivity contribution >= 4 is 5.78 Å². The fourth-order valence-corrected chi connectivity index (χ4v) is 2.78. The first-order valence-corrected chi connectivity index (χ1v) is 5.76. The number of Topliss-reactive ketones (excluding diaryl/α,β-unsaturated/α-hetero) is 1. The van der Waals surface area contributed by atoms with Crippen LogP contribution in [0.3, 0.4) is 0 Å². The van der Waals surface area contributed by atoms with Crippen molar-refractivity contribution in [3.63, 3.8) is 0 Å². The van der Waals surface area contributed by atoms with Crippen LogP contribution in [-0.2, 0) is 11.2 Å². The molecule has 0 saturated carbocycles. The lowest BCUT2D eigenvalue weighted by Crippen LogP contribution is -2.14. The summed E-state index contributed by atoms with van der Waals surface area (Å²) in [4.78, 5) is 11.2. The molecule has 0 heterocycles. The molecule has 0 saturated heterocycles. The third kappa shape index (κ3) is 2.11. The van der Waals surface area contributed by atoms with E-state index in [-0.39, 0.29) is 0 Å². The zero-order valence-electron chi connectivity index (χ0n) is 9.55. The highest BCUT2D eigenvalue weighted by atomic mass is 16.1. The second-order valence-corrected chi connectivity index (χ2v) is 4.64. The molecule has 1 heteroatoms. The number of ketones is 1. The van der Waals surface area contributed by atoms with Crippen molar-refractivity contribution in [2.24, 2.45) is 0 Å². The minimum Gasteiger partial charge on any atom is -0.300 e. The van der Waals surface area contributed by atoms with Crippen molar-refractivity contribution in [1.82, 2.24) is 0 Å². The highest BCUT2D eigenvalue weighted by Gasteiger charge is 2.22. The van der Waals surface area contributed by atoms with Gasteiger partial charge in [0.1, 0.15) is 5.78 Å². The summed E-state index contributed by atoms with van der Waals surface area (Å²) in [7, 11) is 0. The second-order valence-electron chi connectivity index (χ2n) is 4.64. The summed E-state index contributed by atoms with van der Waals surface area (Å²) < 4.78 is 0. The predicted molar refractivity (Wildman–Crippen MR) is 62.2 cm³/mol. The molecule has 0 bridgehead atoms. The van der Waals surface area contributed by atoms with E-state index >= 15 is 0 Å². The van der Waals surface area contributed by atoms with E-state index in [1.807, 2.05) is 0 Å². The predicted octanol–water partition coefficient (Wildman–Crippen LogP) is 3.39. The number of fused-ring (bicyclic) bond motifs is 1. The molecule has 1 nitrogen and oxygen atoms in total. The second kappa shape index (κ2) is 4.18. The molecule has 80 valence electrons. The van der Waals surface area contributed by atoms with Crippen LogP contribution in [0.2, 0.25) is 0 Å². The van der Waals surface area contributed by atoms with Crippen LogP contribution in [0, 0.1) is 6.92 Å². The Bertz CT molecular complexity index is 379. The largest absolute Gasteiger partial charge is 0.300 e. The van der Waals surface area contributed by atoms with Crippen LogP contribution in [0.15, 0.2) is 18.2 Å². The van der Waals surface area contributed by atoms with Gasteiger partial charge >= 0.3 is 0 Å². The molecule has 0 aliphatic heterocycles. The fraction of sp³-hybridized carbons (Fsp3) is 0.500. The van der Waals surface area contributed by atoms with E-state index in [2.05, 4.69) is 25.1 Å². The third-order valence-corrected chi connectivity index (χ3v) is 3.36. The molecule has 0 fully saturated rings. The molecule has 2 rings (SSSR count). The van der Waals surface area contributed by atoms with E-state index in [9.17, 15) is 4.79 Å². The van der Waals surface area contributed by atoms with E-state index in [4.69, 9.17) is 0 Å². The Morgan fingerprint density at radius 2 is 2.27 bits per heavy atom. The first kappa shape index (κ1) is 10.4. The topological polar surface area (TPSA) is 17.1 Å². The Kier molecular flexibility index (Phi) is 2.90. The molecule has 1 atom stereocenters. The number of benzene rings is 1. The molecular weight excluding hydrogens is 184 g/mol. The molecule has 1 unspecified atom stereocenters. The number of hydrogen-bond acceptors (Lipinski definition) is 1. The first-order valence-electron chi connectivity index (χ1n) is 5.76. The molecule has 1 aliphatic rings. The van der Waals surface area contributed by atoms with Crippen LogP contribution < -0.4 is 0 Å². The average Bonchev–Trinajstić information content (AvgIpc) is 2.17. The Morgan fingerprint density at radius 1 is 1.47 bits per heavy atom. The van der Waals surface area contributed by atoms with Crippen LogP contribution in [0.1, 0.15) is 48.8 Å². The Morgan fingerprint density at radius 3 is 3.00 bits per heavy atom. The van der Waals surface area contributed by atoms with E-state index in [0.29, 0.717) is 11.7 Å². The fourth-order valence-electron chi connectivity index (χ4n) is 2.78. The summed E-state index contributed by atoms with van der Waals surface area (Å²) in [5, 5.41) is 0. The molecule has 0 aromatic heterocycles. The highest BCUT2D eigenvalue weighted by molar-refractivity contribution is 5.76. The minimum absolute atomic E-state index is 0.316. The number of rotatable bonds is 2. The molecule has 15 heavy (non-hydrogen) atoms. The maximum absolute atomic E-state index is 11.2. The van der Waals surface area contributed by atoms with Gasteiger partial charge in [0.15, 0.2) is 0 Å². The van der Waals surface area contributed by atoms with Crippen molar-refractivity contribution in [1.29, 1.82) is 0 Å². The minimum atomic E-state index is 0.316. The van der Waals surface area contributed by atoms with Gasteiger partial charge in [0.2, 0.25) is 0 Å². The van der Waals surface area contributed by atoms with Crippen molar-refractivity contribution in [3.8, 4) is 0 Å². The number of carbonyl (C=O) groups is 1. The van der Waals surface area contributed by atoms with Crippen LogP contribution in [0.5, 0.6) is 0 Å². The van der Waals surface area contributed by atoms with Crippen LogP contribution in [0.25, 0.3) is 0 Å². The smallest absolute Gasteiger partial charge is 0.130 e. The van der Waals surface area contributed by atoms with E-state index in [1.165, 1.54) is 36.0 Å². The summed E-state index contributed by atoms with van der Waals surface area (Å²) in [6.07, 6.45) is 4.31. The van der Waals surface area contributed by atoms with Crippen LogP contribution >= 0.6 is 0 Å². The molecule has 0 spiro atoms. The molecule has 1 aromatic carbocycles. The van der Waals surface area contributed by atoms with Crippen molar-refractivity contribution in [2.45, 2.75) is 45.4 Å². The highest BCUT2D eigenvalue weighted by Crippen LogP contribution is 2.36. The Labute approximate surface area is 91.5 Å². The Hall–Kier alpha value is -1.11. The monoisotopic (exact) mass is 202 g/mol. The maximum Gasteiger partial charge on any atom is 0.130 e. The van der Waals surface area contributed by atoms with E-state index in [1.54, 1.807) is 6.92 Å². The Balaban J connectivity index is 2.36. The van der Waals surface area contributed by atoms with Gasteiger partial charge in [-0.3, -0.25) is 0 Å². The van der Waals surface area contributed by atoms with Gasteiger partial charge in [-0.15, -0.1) is 0 Å². The van der Waals surface area contributed by atoms with Crippen molar-refractivity contribution in [2.75, 3.05) is 0 Å². The zero-order valence-corrected chi connectivity index (χ0v) is 9.55. The van der Waals surface area contributed by atoms with Gasteiger partial charge in [-0.05, 0) is 55.7 Å². The average molecular weight is 202 g/mol. The van der Waals surface area contributed by atoms with Gasteiger partial charge in [0.05, 0.1) is 0 Å². The van der Waals surface area contributed by atoms with Crippen molar-refractivity contribution in [3.05, 3.63) is 34.9 Å². The molecular formula is C14H18O. The number of carbonyl (C=O) groups excluding carboxylic acids is 1. The van der Waals surface area contributed by atoms with E-state index in [0.717, 1.165) is 6.42 Å². The van der Waals surface area contributed by atoms with Gasteiger partial charge in [-0.1, -0.05) is 18.2 Å². The molecule has 0 N–H and O–H groups in total. The molecule has 0 amide bonds.